The second-order valence-corrected chi connectivity index (χ2v) is 8.02. The standard InChI is InChI=1S/C26H29N3O2/c1-28(2)22-13-11-20(12-14-22)25(29-16-15-19-7-4-5-10-24(19)29)18-27-26(30)21-8-6-9-23(17-21)31-3/h4-14,17,25H,15-16,18H2,1-3H3,(H,27,30)/t25-/m0/s1. The van der Waals surface area contributed by atoms with Gasteiger partial charge in [0.2, 0.25) is 0 Å². The maximum absolute atomic E-state index is 12.9. The van der Waals surface area contributed by atoms with E-state index in [4.69, 9.17) is 4.74 Å². The lowest BCUT2D eigenvalue weighted by Gasteiger charge is -2.31. The van der Waals surface area contributed by atoms with E-state index in [1.165, 1.54) is 16.8 Å². The van der Waals surface area contributed by atoms with Crippen LogP contribution in [0.1, 0.15) is 27.5 Å². The maximum atomic E-state index is 12.9. The molecule has 0 fully saturated rings. The summed E-state index contributed by atoms with van der Waals surface area (Å²) in [5.41, 5.74) is 5.55. The van der Waals surface area contributed by atoms with Gasteiger partial charge in [0.05, 0.1) is 13.2 Å². The number of ether oxygens (including phenoxy) is 1. The number of carbonyl (C=O) groups is 1. The second kappa shape index (κ2) is 9.13. The first-order valence-corrected chi connectivity index (χ1v) is 10.6. The highest BCUT2D eigenvalue weighted by Gasteiger charge is 2.27. The van der Waals surface area contributed by atoms with E-state index in [-0.39, 0.29) is 11.9 Å². The van der Waals surface area contributed by atoms with Gasteiger partial charge in [-0.15, -0.1) is 0 Å². The largest absolute Gasteiger partial charge is 0.497 e. The highest BCUT2D eigenvalue weighted by molar-refractivity contribution is 5.94. The van der Waals surface area contributed by atoms with Gasteiger partial charge in [-0.05, 0) is 53.9 Å². The minimum atomic E-state index is -0.0960. The van der Waals surface area contributed by atoms with Crippen LogP contribution in [0.5, 0.6) is 5.75 Å². The third-order valence-corrected chi connectivity index (χ3v) is 5.88. The lowest BCUT2D eigenvalue weighted by molar-refractivity contribution is 0.0950. The minimum Gasteiger partial charge on any atom is -0.497 e. The number of nitrogens with zero attached hydrogens (tertiary/aromatic N) is 2. The first-order chi connectivity index (χ1) is 15.1. The number of fused-ring (bicyclic) bond motifs is 1. The van der Waals surface area contributed by atoms with E-state index in [0.717, 1.165) is 18.7 Å². The molecular formula is C26H29N3O2. The van der Waals surface area contributed by atoms with Crippen LogP contribution in [-0.2, 0) is 6.42 Å². The van der Waals surface area contributed by atoms with Crippen molar-refractivity contribution in [3.8, 4) is 5.75 Å². The van der Waals surface area contributed by atoms with Gasteiger partial charge in [0.25, 0.3) is 5.91 Å². The van der Waals surface area contributed by atoms with Crippen LogP contribution < -0.4 is 19.9 Å². The van der Waals surface area contributed by atoms with Crippen molar-refractivity contribution in [1.29, 1.82) is 0 Å². The summed E-state index contributed by atoms with van der Waals surface area (Å²) in [6.45, 7) is 1.46. The molecule has 5 heteroatoms. The van der Waals surface area contributed by atoms with Crippen LogP contribution in [0.15, 0.2) is 72.8 Å². The van der Waals surface area contributed by atoms with Gasteiger partial charge >= 0.3 is 0 Å². The molecule has 0 aromatic heterocycles. The highest BCUT2D eigenvalue weighted by atomic mass is 16.5. The molecule has 0 saturated carbocycles. The molecular weight excluding hydrogens is 386 g/mol. The molecule has 4 rings (SSSR count). The van der Waals surface area contributed by atoms with Crippen molar-refractivity contribution >= 4 is 17.3 Å². The van der Waals surface area contributed by atoms with Gasteiger partial charge in [-0.2, -0.15) is 0 Å². The Hall–Kier alpha value is -3.47. The first kappa shape index (κ1) is 20.8. The number of methoxy groups -OCH3 is 1. The predicted molar refractivity (Wildman–Crippen MR) is 126 cm³/mol. The zero-order valence-corrected chi connectivity index (χ0v) is 18.3. The van der Waals surface area contributed by atoms with Crippen LogP contribution >= 0.6 is 0 Å². The molecule has 3 aromatic carbocycles. The van der Waals surface area contributed by atoms with Gasteiger partial charge in [-0.3, -0.25) is 4.79 Å². The van der Waals surface area contributed by atoms with Crippen molar-refractivity contribution in [3.05, 3.63) is 89.5 Å². The van der Waals surface area contributed by atoms with Crippen molar-refractivity contribution in [2.75, 3.05) is 44.1 Å². The fourth-order valence-electron chi connectivity index (χ4n) is 4.15. The van der Waals surface area contributed by atoms with E-state index in [2.05, 4.69) is 63.6 Å². The lowest BCUT2D eigenvalue weighted by atomic mass is 10.0. The number of hydrogen-bond donors (Lipinski definition) is 1. The summed E-state index contributed by atoms with van der Waals surface area (Å²) < 4.78 is 5.26. The van der Waals surface area contributed by atoms with Crippen molar-refractivity contribution in [3.63, 3.8) is 0 Å². The van der Waals surface area contributed by atoms with Gasteiger partial charge in [0.1, 0.15) is 5.75 Å². The van der Waals surface area contributed by atoms with E-state index >= 15 is 0 Å². The number of rotatable bonds is 7. The molecule has 3 aromatic rings. The molecule has 31 heavy (non-hydrogen) atoms. The molecule has 1 aliphatic rings. The fraction of sp³-hybridized carbons (Fsp3) is 0.269. The molecule has 1 N–H and O–H groups in total. The Bertz CT molecular complexity index is 1050. The van der Waals surface area contributed by atoms with Gasteiger partial charge in [0.15, 0.2) is 0 Å². The predicted octanol–water partition coefficient (Wildman–Crippen LogP) is 4.30. The Morgan fingerprint density at radius 3 is 2.58 bits per heavy atom. The topological polar surface area (TPSA) is 44.8 Å². The van der Waals surface area contributed by atoms with Crippen LogP contribution in [0.2, 0.25) is 0 Å². The Balaban J connectivity index is 1.59. The molecule has 0 radical (unpaired) electrons. The molecule has 0 unspecified atom stereocenters. The van der Waals surface area contributed by atoms with Crippen LogP contribution in [0, 0.1) is 0 Å². The lowest BCUT2D eigenvalue weighted by Crippen LogP contribution is -2.37. The summed E-state index contributed by atoms with van der Waals surface area (Å²) in [4.78, 5) is 17.4. The van der Waals surface area contributed by atoms with Crippen LogP contribution in [0.4, 0.5) is 11.4 Å². The smallest absolute Gasteiger partial charge is 0.251 e. The third kappa shape index (κ3) is 4.50. The zero-order valence-electron chi connectivity index (χ0n) is 18.3. The van der Waals surface area contributed by atoms with Crippen molar-refractivity contribution in [2.45, 2.75) is 12.5 Å². The molecule has 1 heterocycles. The second-order valence-electron chi connectivity index (χ2n) is 8.02. The first-order valence-electron chi connectivity index (χ1n) is 10.6. The number of anilines is 2. The summed E-state index contributed by atoms with van der Waals surface area (Å²) in [7, 11) is 5.68. The van der Waals surface area contributed by atoms with E-state index < -0.39 is 0 Å². The molecule has 0 spiro atoms. The summed E-state index contributed by atoms with van der Waals surface area (Å²) in [5, 5.41) is 3.15. The molecule has 0 bridgehead atoms. The summed E-state index contributed by atoms with van der Waals surface area (Å²) in [5.74, 6) is 0.582. The maximum Gasteiger partial charge on any atom is 0.251 e. The van der Waals surface area contributed by atoms with Crippen molar-refractivity contribution < 1.29 is 9.53 Å². The number of para-hydroxylation sites is 1. The molecule has 1 atom stereocenters. The average Bonchev–Trinajstić information content (AvgIpc) is 3.23. The molecule has 160 valence electrons. The number of benzene rings is 3. The molecule has 0 aliphatic carbocycles. The van der Waals surface area contributed by atoms with Gasteiger partial charge in [-0.25, -0.2) is 0 Å². The normalized spacial score (nSPS) is 13.5. The number of nitrogens with one attached hydrogen (secondary N) is 1. The molecule has 0 saturated heterocycles. The zero-order chi connectivity index (χ0) is 21.8. The van der Waals surface area contributed by atoms with Crippen LogP contribution in [0.3, 0.4) is 0 Å². The number of hydrogen-bond acceptors (Lipinski definition) is 4. The quantitative estimate of drug-likeness (QED) is 0.625. The summed E-state index contributed by atoms with van der Waals surface area (Å²) >= 11 is 0. The van der Waals surface area contributed by atoms with Gasteiger partial charge in [0, 0.05) is 44.1 Å². The SMILES string of the molecule is COc1cccc(C(=O)NC[C@@H](c2ccc(N(C)C)cc2)N2CCc3ccccc32)c1. The fourth-order valence-corrected chi connectivity index (χ4v) is 4.15. The van der Waals surface area contributed by atoms with E-state index in [1.54, 1.807) is 13.2 Å². The monoisotopic (exact) mass is 415 g/mol. The van der Waals surface area contributed by atoms with E-state index in [9.17, 15) is 4.79 Å². The summed E-state index contributed by atoms with van der Waals surface area (Å²) in [6.07, 6.45) is 1.02. The molecule has 1 amide bonds. The van der Waals surface area contributed by atoms with Crippen molar-refractivity contribution in [1.82, 2.24) is 5.32 Å². The van der Waals surface area contributed by atoms with E-state index in [1.807, 2.05) is 32.3 Å². The summed E-state index contributed by atoms with van der Waals surface area (Å²) in [6, 6.07) is 24.4. The van der Waals surface area contributed by atoms with Crippen LogP contribution in [-0.4, -0.2) is 40.2 Å². The van der Waals surface area contributed by atoms with Gasteiger partial charge < -0.3 is 19.9 Å². The van der Waals surface area contributed by atoms with Crippen LogP contribution in [0.25, 0.3) is 0 Å². The van der Waals surface area contributed by atoms with Gasteiger partial charge in [-0.1, -0.05) is 36.4 Å². The van der Waals surface area contributed by atoms with Crippen molar-refractivity contribution in [2.24, 2.45) is 0 Å². The molecule has 5 nitrogen and oxygen atoms in total. The third-order valence-electron chi connectivity index (χ3n) is 5.88. The Morgan fingerprint density at radius 1 is 1.06 bits per heavy atom. The Labute approximate surface area is 184 Å². The number of amides is 1. The number of carbonyl (C=O) groups excluding carboxylic acids is 1. The minimum absolute atomic E-state index is 0.0504. The Morgan fingerprint density at radius 2 is 1.84 bits per heavy atom. The van der Waals surface area contributed by atoms with E-state index in [0.29, 0.717) is 17.9 Å². The average molecular weight is 416 g/mol. The highest BCUT2D eigenvalue weighted by Crippen LogP contribution is 2.35. The molecule has 1 aliphatic heterocycles. The Kier molecular flexibility index (Phi) is 6.12.